The van der Waals surface area contributed by atoms with E-state index in [0.29, 0.717) is 19.6 Å². The number of hydrogen-bond donors (Lipinski definition) is 0. The summed E-state index contributed by atoms with van der Waals surface area (Å²) < 4.78 is 11.2. The second-order valence-electron chi connectivity index (χ2n) is 10.2. The maximum absolute atomic E-state index is 12.9. The van der Waals surface area contributed by atoms with Crippen LogP contribution in [0, 0.1) is 17.3 Å². The Morgan fingerprint density at radius 2 is 1.44 bits per heavy atom. The highest BCUT2D eigenvalue weighted by atomic mass is 16.5. The van der Waals surface area contributed by atoms with Crippen LogP contribution in [0.15, 0.2) is 12.2 Å². The molecule has 0 N–H and O–H groups in total. The van der Waals surface area contributed by atoms with Crippen LogP contribution in [-0.2, 0) is 19.1 Å². The average molecular weight is 451 g/mol. The van der Waals surface area contributed by atoms with Gasteiger partial charge in [0, 0.05) is 0 Å². The molecule has 2 unspecified atom stereocenters. The zero-order valence-electron chi connectivity index (χ0n) is 21.5. The highest BCUT2D eigenvalue weighted by Gasteiger charge is 2.46. The van der Waals surface area contributed by atoms with Crippen LogP contribution >= 0.6 is 0 Å². The number of rotatable bonds is 18. The van der Waals surface area contributed by atoms with Gasteiger partial charge in [-0.25, -0.2) is 0 Å². The van der Waals surface area contributed by atoms with Crippen LogP contribution in [0.25, 0.3) is 0 Å². The molecule has 0 saturated carbocycles. The molecule has 0 aromatic carbocycles. The van der Waals surface area contributed by atoms with Crippen molar-refractivity contribution in [1.82, 2.24) is 0 Å². The van der Waals surface area contributed by atoms with Crippen molar-refractivity contribution < 1.29 is 19.1 Å². The number of unbranched alkanes of at least 4 members (excludes halogenated alkanes) is 10. The van der Waals surface area contributed by atoms with Crippen LogP contribution in [-0.4, -0.2) is 25.2 Å². The summed E-state index contributed by atoms with van der Waals surface area (Å²) in [5.74, 6) is -0.228. The molecule has 1 rings (SSSR count). The lowest BCUT2D eigenvalue weighted by Gasteiger charge is -2.34. The third kappa shape index (κ3) is 11.5. The lowest BCUT2D eigenvalue weighted by atomic mass is 9.71. The zero-order valence-corrected chi connectivity index (χ0v) is 21.5. The summed E-state index contributed by atoms with van der Waals surface area (Å²) in [6.07, 6.45) is 20.7. The molecule has 0 heterocycles. The number of allylic oxidation sites excluding steroid dienone is 1. The Bertz CT molecular complexity index is 540. The Morgan fingerprint density at radius 3 is 2.06 bits per heavy atom. The number of esters is 2. The highest BCUT2D eigenvalue weighted by molar-refractivity contribution is 5.87. The molecular weight excluding hydrogens is 400 g/mol. The van der Waals surface area contributed by atoms with E-state index in [1.807, 2.05) is 19.1 Å². The second kappa shape index (κ2) is 17.2. The lowest BCUT2D eigenvalue weighted by Crippen LogP contribution is -2.42. The van der Waals surface area contributed by atoms with Gasteiger partial charge in [-0.15, -0.1) is 0 Å². The van der Waals surface area contributed by atoms with Gasteiger partial charge in [0.15, 0.2) is 0 Å². The van der Waals surface area contributed by atoms with E-state index in [-0.39, 0.29) is 11.9 Å². The first-order valence-electron chi connectivity index (χ1n) is 13.4. The van der Waals surface area contributed by atoms with Crippen LogP contribution < -0.4 is 0 Å². The van der Waals surface area contributed by atoms with Crippen LogP contribution in [0.1, 0.15) is 124 Å². The van der Waals surface area contributed by atoms with Crippen LogP contribution in [0.2, 0.25) is 0 Å². The fraction of sp³-hybridized carbons (Fsp3) is 0.857. The van der Waals surface area contributed by atoms with Crippen molar-refractivity contribution in [1.29, 1.82) is 0 Å². The van der Waals surface area contributed by atoms with E-state index in [1.165, 1.54) is 57.8 Å². The Morgan fingerprint density at radius 1 is 0.875 bits per heavy atom. The summed E-state index contributed by atoms with van der Waals surface area (Å²) in [7, 11) is 0. The van der Waals surface area contributed by atoms with Crippen molar-refractivity contribution in [2.24, 2.45) is 17.3 Å². The quantitative estimate of drug-likeness (QED) is 0.121. The molecule has 0 fully saturated rings. The molecule has 0 spiro atoms. The van der Waals surface area contributed by atoms with Gasteiger partial charge in [-0.2, -0.15) is 0 Å². The molecule has 32 heavy (non-hydrogen) atoms. The third-order valence-electron chi connectivity index (χ3n) is 6.69. The molecule has 0 aromatic heterocycles. The van der Waals surface area contributed by atoms with Crippen LogP contribution in [0.3, 0.4) is 0 Å². The van der Waals surface area contributed by atoms with Gasteiger partial charge < -0.3 is 9.47 Å². The molecule has 0 bridgehead atoms. The molecular formula is C28H50O4. The number of carbonyl (C=O) groups is 2. The van der Waals surface area contributed by atoms with Crippen molar-refractivity contribution in [3.63, 3.8) is 0 Å². The normalized spacial score (nSPS) is 20.5. The maximum atomic E-state index is 12.9. The van der Waals surface area contributed by atoms with Gasteiger partial charge in [-0.1, -0.05) is 104 Å². The van der Waals surface area contributed by atoms with Gasteiger partial charge >= 0.3 is 11.9 Å². The Balaban J connectivity index is 2.30. The maximum Gasteiger partial charge on any atom is 0.316 e. The zero-order chi connectivity index (χ0) is 23.7. The SMILES string of the molecule is CCCCCCCCCCOC(=O)C1CCC=CC1(C)C(=O)OCCCCCCC(C)C. The number of ether oxygens (including phenoxy) is 2. The predicted molar refractivity (Wildman–Crippen MR) is 132 cm³/mol. The smallest absolute Gasteiger partial charge is 0.316 e. The van der Waals surface area contributed by atoms with Crippen molar-refractivity contribution in [2.45, 2.75) is 124 Å². The molecule has 0 saturated heterocycles. The van der Waals surface area contributed by atoms with Crippen molar-refractivity contribution in [3.8, 4) is 0 Å². The highest BCUT2D eigenvalue weighted by Crippen LogP contribution is 2.38. The summed E-state index contributed by atoms with van der Waals surface area (Å²) in [4.78, 5) is 25.6. The molecule has 0 aliphatic heterocycles. The summed E-state index contributed by atoms with van der Waals surface area (Å²) in [6.45, 7) is 9.45. The molecule has 0 aromatic rings. The van der Waals surface area contributed by atoms with Gasteiger partial charge in [0.1, 0.15) is 0 Å². The standard InChI is InChI=1S/C28H50O4/c1-5-6-7-8-9-10-12-17-22-31-26(29)25-20-15-16-21-28(25,4)27(30)32-23-18-13-11-14-19-24(2)3/h16,21,24-25H,5-15,17-20,22-23H2,1-4H3. The van der Waals surface area contributed by atoms with E-state index in [9.17, 15) is 9.59 Å². The first kappa shape index (κ1) is 28.7. The molecule has 0 radical (unpaired) electrons. The van der Waals surface area contributed by atoms with Gasteiger partial charge in [0.25, 0.3) is 0 Å². The summed E-state index contributed by atoms with van der Waals surface area (Å²) >= 11 is 0. The van der Waals surface area contributed by atoms with Crippen molar-refractivity contribution in [2.75, 3.05) is 13.2 Å². The van der Waals surface area contributed by atoms with E-state index >= 15 is 0 Å². The number of carbonyl (C=O) groups excluding carboxylic acids is 2. The molecule has 1 aliphatic carbocycles. The van der Waals surface area contributed by atoms with E-state index in [0.717, 1.165) is 38.0 Å². The second-order valence-corrected chi connectivity index (χ2v) is 10.2. The Kier molecular flexibility index (Phi) is 15.4. The minimum Gasteiger partial charge on any atom is -0.465 e. The molecule has 4 heteroatoms. The van der Waals surface area contributed by atoms with Crippen LogP contribution in [0.5, 0.6) is 0 Å². The van der Waals surface area contributed by atoms with E-state index < -0.39 is 11.3 Å². The third-order valence-corrected chi connectivity index (χ3v) is 6.69. The molecule has 2 atom stereocenters. The summed E-state index contributed by atoms with van der Waals surface area (Å²) in [6, 6.07) is 0. The molecule has 186 valence electrons. The summed E-state index contributed by atoms with van der Waals surface area (Å²) in [5.41, 5.74) is -0.910. The first-order valence-corrected chi connectivity index (χ1v) is 13.4. The Labute approximate surface area is 197 Å². The van der Waals surface area contributed by atoms with Gasteiger partial charge in [-0.3, -0.25) is 9.59 Å². The van der Waals surface area contributed by atoms with Crippen molar-refractivity contribution in [3.05, 3.63) is 12.2 Å². The Hall–Kier alpha value is -1.32. The van der Waals surface area contributed by atoms with E-state index in [1.54, 1.807) is 0 Å². The lowest BCUT2D eigenvalue weighted by molar-refractivity contribution is -0.166. The monoisotopic (exact) mass is 450 g/mol. The largest absolute Gasteiger partial charge is 0.465 e. The van der Waals surface area contributed by atoms with Crippen LogP contribution in [0.4, 0.5) is 0 Å². The molecule has 1 aliphatic rings. The minimum atomic E-state index is -0.910. The van der Waals surface area contributed by atoms with Gasteiger partial charge in [0.05, 0.1) is 24.5 Å². The fourth-order valence-corrected chi connectivity index (χ4v) is 4.42. The van der Waals surface area contributed by atoms with Crippen molar-refractivity contribution >= 4 is 11.9 Å². The van der Waals surface area contributed by atoms with Gasteiger partial charge in [0.2, 0.25) is 0 Å². The van der Waals surface area contributed by atoms with Gasteiger partial charge in [-0.05, 0) is 38.5 Å². The predicted octanol–water partition coefficient (Wildman–Crippen LogP) is 7.79. The minimum absolute atomic E-state index is 0.245. The fourth-order valence-electron chi connectivity index (χ4n) is 4.42. The molecule has 4 nitrogen and oxygen atoms in total. The topological polar surface area (TPSA) is 52.6 Å². The summed E-state index contributed by atoms with van der Waals surface area (Å²) in [5, 5.41) is 0. The van der Waals surface area contributed by atoms with E-state index in [2.05, 4.69) is 20.8 Å². The van der Waals surface area contributed by atoms with E-state index in [4.69, 9.17) is 9.47 Å². The average Bonchev–Trinajstić information content (AvgIpc) is 2.77. The first-order chi connectivity index (χ1) is 15.4. The molecule has 0 amide bonds. The number of hydrogen-bond acceptors (Lipinski definition) is 4.